The maximum absolute atomic E-state index is 13.7. The molecule has 0 radical (unpaired) electrons. The van der Waals surface area contributed by atoms with Crippen LogP contribution in [0.3, 0.4) is 0 Å². The number of hydrogen-bond acceptors (Lipinski definition) is 6. The van der Waals surface area contributed by atoms with E-state index in [2.05, 4.69) is 0 Å². The third-order valence-corrected chi connectivity index (χ3v) is 7.42. The zero-order valence-corrected chi connectivity index (χ0v) is 21.2. The van der Waals surface area contributed by atoms with E-state index in [4.69, 9.17) is 26.1 Å². The third-order valence-electron chi connectivity index (χ3n) is 6.18. The topological polar surface area (TPSA) is 73.1 Å². The summed E-state index contributed by atoms with van der Waals surface area (Å²) < 4.78 is 13.0. The second kappa shape index (κ2) is 9.36. The van der Waals surface area contributed by atoms with Gasteiger partial charge in [-0.3, -0.25) is 14.2 Å². The molecule has 3 aromatic rings. The highest BCUT2D eigenvalue weighted by atomic mass is 35.5. The van der Waals surface area contributed by atoms with Crippen molar-refractivity contribution >= 4 is 34.9 Å². The van der Waals surface area contributed by atoms with Gasteiger partial charge in [-0.2, -0.15) is 0 Å². The molecule has 0 N–H and O–H groups in total. The van der Waals surface area contributed by atoms with Crippen LogP contribution in [0.5, 0.6) is 11.5 Å². The van der Waals surface area contributed by atoms with E-state index in [0.29, 0.717) is 50.2 Å². The van der Waals surface area contributed by atoms with Gasteiger partial charge in [0.25, 0.3) is 11.5 Å². The molecule has 0 bridgehead atoms. The summed E-state index contributed by atoms with van der Waals surface area (Å²) in [6.45, 7) is 7.02. The van der Waals surface area contributed by atoms with Crippen molar-refractivity contribution in [3.05, 3.63) is 89.6 Å². The summed E-state index contributed by atoms with van der Waals surface area (Å²) in [4.78, 5) is 34.3. The van der Waals surface area contributed by atoms with E-state index in [1.165, 1.54) is 11.3 Å². The molecule has 0 aliphatic carbocycles. The highest BCUT2D eigenvalue weighted by Gasteiger charge is 2.34. The van der Waals surface area contributed by atoms with Crippen LogP contribution in [-0.2, 0) is 4.79 Å². The quantitative estimate of drug-likeness (QED) is 0.528. The normalized spacial score (nSPS) is 16.8. The minimum atomic E-state index is -0.601. The summed E-state index contributed by atoms with van der Waals surface area (Å²) in [5.41, 5.74) is 2.52. The predicted octanol–water partition coefficient (Wildman–Crippen LogP) is 3.49. The third kappa shape index (κ3) is 4.17. The Hall–Kier alpha value is -3.36. The number of benzene rings is 2. The lowest BCUT2D eigenvalue weighted by Gasteiger charge is -2.29. The van der Waals surface area contributed by atoms with Crippen LogP contribution in [0.15, 0.2) is 63.5 Å². The number of rotatable bonds is 5. The summed E-state index contributed by atoms with van der Waals surface area (Å²) in [7, 11) is 0. The van der Waals surface area contributed by atoms with Crippen LogP contribution in [0.4, 0.5) is 0 Å². The molecule has 0 saturated heterocycles. The van der Waals surface area contributed by atoms with E-state index < -0.39 is 6.04 Å². The monoisotopic (exact) mass is 509 g/mol. The van der Waals surface area contributed by atoms with Crippen molar-refractivity contribution in [1.29, 1.82) is 0 Å². The summed E-state index contributed by atoms with van der Waals surface area (Å²) in [6.07, 6.45) is 1.82. The Morgan fingerprint density at radius 3 is 2.60 bits per heavy atom. The molecule has 180 valence electrons. The maximum atomic E-state index is 13.7. The summed E-state index contributed by atoms with van der Waals surface area (Å²) >= 11 is 7.44. The average molecular weight is 510 g/mol. The Labute approximate surface area is 211 Å². The molecule has 0 saturated carbocycles. The van der Waals surface area contributed by atoms with Gasteiger partial charge in [0.15, 0.2) is 16.3 Å². The molecule has 2 aromatic carbocycles. The Balaban J connectivity index is 1.69. The number of aromatic nitrogens is 1. The molecular formula is C26H24ClN3O4S. The molecule has 7 nitrogen and oxygen atoms in total. The Morgan fingerprint density at radius 1 is 1.17 bits per heavy atom. The SMILES string of the molecule is CCN(CC)C(=O)C1=C(C)N=c2s/c(=C/c3ccc4c(c3)OCO4)c(=O)n2[C@H]1c1ccc(Cl)cc1. The molecule has 2 aliphatic heterocycles. The molecule has 3 heterocycles. The first-order valence-electron chi connectivity index (χ1n) is 11.4. The van der Waals surface area contributed by atoms with E-state index in [-0.39, 0.29) is 18.3 Å². The number of allylic oxidation sites excluding steroid dienone is 1. The number of nitrogens with zero attached hydrogens (tertiary/aromatic N) is 3. The second-order valence-electron chi connectivity index (χ2n) is 8.22. The molecule has 0 spiro atoms. The number of ether oxygens (including phenoxy) is 2. The number of thiazole rings is 1. The number of likely N-dealkylation sites (N-methyl/N-ethyl adjacent to an activating group) is 1. The number of hydrogen-bond donors (Lipinski definition) is 0. The first-order chi connectivity index (χ1) is 16.9. The fourth-order valence-corrected chi connectivity index (χ4v) is 5.56. The average Bonchev–Trinajstić information content (AvgIpc) is 3.43. The van der Waals surface area contributed by atoms with Crippen LogP contribution >= 0.6 is 22.9 Å². The van der Waals surface area contributed by atoms with Gasteiger partial charge in [-0.1, -0.05) is 41.1 Å². The summed E-state index contributed by atoms with van der Waals surface area (Å²) in [5, 5.41) is 0.585. The lowest BCUT2D eigenvalue weighted by Crippen LogP contribution is -2.43. The minimum Gasteiger partial charge on any atom is -0.454 e. The van der Waals surface area contributed by atoms with Crippen LogP contribution in [-0.4, -0.2) is 35.3 Å². The number of fused-ring (bicyclic) bond motifs is 2. The van der Waals surface area contributed by atoms with Crippen LogP contribution in [0, 0.1) is 0 Å². The Bertz CT molecular complexity index is 1520. The molecule has 1 aromatic heterocycles. The van der Waals surface area contributed by atoms with Gasteiger partial charge >= 0.3 is 0 Å². The maximum Gasteiger partial charge on any atom is 0.271 e. The van der Waals surface area contributed by atoms with Crippen molar-refractivity contribution in [3.63, 3.8) is 0 Å². The van der Waals surface area contributed by atoms with Crippen molar-refractivity contribution in [2.75, 3.05) is 19.9 Å². The van der Waals surface area contributed by atoms with Gasteiger partial charge in [0.2, 0.25) is 6.79 Å². The van der Waals surface area contributed by atoms with Gasteiger partial charge in [-0.25, -0.2) is 4.99 Å². The number of carbonyl (C=O) groups excluding carboxylic acids is 1. The highest BCUT2D eigenvalue weighted by Crippen LogP contribution is 2.33. The second-order valence-corrected chi connectivity index (χ2v) is 9.67. The van der Waals surface area contributed by atoms with Gasteiger partial charge in [0.1, 0.15) is 0 Å². The zero-order chi connectivity index (χ0) is 24.7. The first kappa shape index (κ1) is 23.4. The number of amides is 1. The fraction of sp³-hybridized carbons (Fsp3) is 0.269. The lowest BCUT2D eigenvalue weighted by molar-refractivity contribution is -0.127. The van der Waals surface area contributed by atoms with Crippen LogP contribution < -0.4 is 24.4 Å². The zero-order valence-electron chi connectivity index (χ0n) is 19.6. The van der Waals surface area contributed by atoms with Crippen molar-refractivity contribution in [3.8, 4) is 11.5 Å². The minimum absolute atomic E-state index is 0.124. The molecule has 5 rings (SSSR count). The number of carbonyl (C=O) groups is 1. The molecule has 1 amide bonds. The Morgan fingerprint density at radius 2 is 1.89 bits per heavy atom. The fourth-order valence-electron chi connectivity index (χ4n) is 4.39. The van der Waals surface area contributed by atoms with E-state index in [1.54, 1.807) is 21.6 Å². The molecule has 9 heteroatoms. The Kier molecular flexibility index (Phi) is 6.25. The predicted molar refractivity (Wildman–Crippen MR) is 136 cm³/mol. The van der Waals surface area contributed by atoms with E-state index in [0.717, 1.165) is 11.1 Å². The summed E-state index contributed by atoms with van der Waals surface area (Å²) in [5.74, 6) is 1.20. The highest BCUT2D eigenvalue weighted by molar-refractivity contribution is 7.07. The van der Waals surface area contributed by atoms with Crippen molar-refractivity contribution in [2.45, 2.75) is 26.8 Å². The molecule has 35 heavy (non-hydrogen) atoms. The molecule has 1 atom stereocenters. The van der Waals surface area contributed by atoms with Gasteiger partial charge in [-0.05, 0) is 62.2 Å². The molecular weight excluding hydrogens is 486 g/mol. The molecule has 0 unspecified atom stereocenters. The lowest BCUT2D eigenvalue weighted by atomic mass is 9.94. The van der Waals surface area contributed by atoms with Crippen LogP contribution in [0.2, 0.25) is 5.02 Å². The van der Waals surface area contributed by atoms with Gasteiger partial charge in [0, 0.05) is 18.1 Å². The van der Waals surface area contributed by atoms with E-state index in [1.807, 2.05) is 57.2 Å². The summed E-state index contributed by atoms with van der Waals surface area (Å²) in [6, 6.07) is 12.2. The van der Waals surface area contributed by atoms with Crippen molar-refractivity contribution < 1.29 is 14.3 Å². The van der Waals surface area contributed by atoms with Gasteiger partial charge in [0.05, 0.1) is 21.8 Å². The van der Waals surface area contributed by atoms with Gasteiger partial charge < -0.3 is 14.4 Å². The van der Waals surface area contributed by atoms with Crippen molar-refractivity contribution in [2.24, 2.45) is 4.99 Å². The van der Waals surface area contributed by atoms with E-state index in [9.17, 15) is 9.59 Å². The number of halogens is 1. The van der Waals surface area contributed by atoms with E-state index >= 15 is 0 Å². The standard InChI is InChI=1S/C26H24ClN3O4S/c1-4-29(5-2)25(32)22-15(3)28-26-30(23(22)17-7-9-18(27)10-8-17)24(31)21(35-26)13-16-6-11-19-20(12-16)34-14-33-19/h6-13,23H,4-5,14H2,1-3H3/b21-13+/t23-/m0/s1. The van der Waals surface area contributed by atoms with Crippen LogP contribution in [0.25, 0.3) is 6.08 Å². The molecule has 0 fully saturated rings. The smallest absolute Gasteiger partial charge is 0.271 e. The van der Waals surface area contributed by atoms with Gasteiger partial charge in [-0.15, -0.1) is 0 Å². The van der Waals surface area contributed by atoms with Crippen molar-refractivity contribution in [1.82, 2.24) is 9.47 Å². The first-order valence-corrected chi connectivity index (χ1v) is 12.6. The molecule has 2 aliphatic rings. The van der Waals surface area contributed by atoms with Crippen LogP contribution in [0.1, 0.15) is 37.9 Å². The largest absolute Gasteiger partial charge is 0.454 e.